The minimum atomic E-state index is -3.42. The number of carbonyl (C=O) groups is 3. The molecule has 1 aliphatic rings. The molecule has 12 nitrogen and oxygen atoms in total. The highest BCUT2D eigenvalue weighted by molar-refractivity contribution is 6.14. The number of benzene rings is 3. The number of hydrogen-bond donors (Lipinski definition) is 3. The van der Waals surface area contributed by atoms with Crippen molar-refractivity contribution in [3.8, 4) is 0 Å². The second-order valence-corrected chi connectivity index (χ2v) is 9.90. The number of aliphatic hydroxyl groups excluding tert-OH is 1. The lowest BCUT2D eigenvalue weighted by molar-refractivity contribution is -0.385. The average molecular weight is 585 g/mol. The fourth-order valence-electron chi connectivity index (χ4n) is 5.21. The van der Waals surface area contributed by atoms with Crippen LogP contribution in [0, 0.1) is 10.1 Å². The quantitative estimate of drug-likeness (QED) is 0.149. The number of rotatable bonds is 9. The molecule has 0 saturated carbocycles. The van der Waals surface area contributed by atoms with Gasteiger partial charge in [0.25, 0.3) is 11.2 Å². The van der Waals surface area contributed by atoms with Crippen LogP contribution in [0.4, 0.5) is 5.69 Å². The van der Waals surface area contributed by atoms with E-state index >= 15 is 0 Å². The Morgan fingerprint density at radius 1 is 0.767 bits per heavy atom. The van der Waals surface area contributed by atoms with E-state index in [0.29, 0.717) is 10.8 Å². The molecule has 12 heteroatoms. The van der Waals surface area contributed by atoms with E-state index in [2.05, 4.69) is 0 Å². The van der Waals surface area contributed by atoms with Gasteiger partial charge in [-0.25, -0.2) is 0 Å². The maximum Gasteiger partial charge on any atom is 0.285 e. The van der Waals surface area contributed by atoms with Crippen LogP contribution in [0.25, 0.3) is 0 Å². The second-order valence-electron chi connectivity index (χ2n) is 9.90. The van der Waals surface area contributed by atoms with Crippen LogP contribution < -0.4 is 5.56 Å². The molecular weight excluding hydrogens is 560 g/mol. The van der Waals surface area contributed by atoms with Crippen molar-refractivity contribution < 1.29 is 39.4 Å². The van der Waals surface area contributed by atoms with Gasteiger partial charge in [-0.2, -0.15) is 0 Å². The Hall–Kier alpha value is -5.14. The van der Waals surface area contributed by atoms with E-state index in [1.807, 2.05) is 0 Å². The van der Waals surface area contributed by atoms with Crippen LogP contribution in [0.3, 0.4) is 0 Å². The summed E-state index contributed by atoms with van der Waals surface area (Å²) in [6.45, 7) is 0. The molecule has 1 saturated heterocycles. The molecule has 0 amide bonds. The number of nitrogens with zero attached hydrogens (tertiary/aromatic N) is 2. The van der Waals surface area contributed by atoms with Gasteiger partial charge in [-0.15, -0.1) is 0 Å². The molecule has 1 aliphatic heterocycles. The number of carbonyl (C=O) groups excluding carboxylic acids is 3. The van der Waals surface area contributed by atoms with E-state index in [4.69, 9.17) is 4.74 Å². The Balaban J connectivity index is 1.80. The summed E-state index contributed by atoms with van der Waals surface area (Å²) in [7, 11) is 0. The van der Waals surface area contributed by atoms with Gasteiger partial charge in [0.05, 0.1) is 11.1 Å². The van der Waals surface area contributed by atoms with Gasteiger partial charge < -0.3 is 20.1 Å². The molecule has 1 aromatic heterocycles. The predicted octanol–water partition coefficient (Wildman–Crippen LogP) is 2.13. The standard InChI is InChI=1S/C31H24N2O10/c34-23-17-16-22(33(41)42)18-32(23)29-31(40,27(38)21-14-8-3-9-15-21)30(39,26(37)20-12-6-2-7-13-20)28(43-29)25(36)24(35)19-10-4-1-5-11-19/h1-18,25,28-29,36,39-40H/t25-,28+,29+,30+,31-/m0/s1. The van der Waals surface area contributed by atoms with Gasteiger partial charge in [0, 0.05) is 28.8 Å². The topological polar surface area (TPSA) is 186 Å². The van der Waals surface area contributed by atoms with Gasteiger partial charge >= 0.3 is 0 Å². The molecule has 3 aromatic carbocycles. The van der Waals surface area contributed by atoms with E-state index in [1.165, 1.54) is 72.8 Å². The van der Waals surface area contributed by atoms with Crippen LogP contribution in [0.5, 0.6) is 0 Å². The summed E-state index contributed by atoms with van der Waals surface area (Å²) in [6, 6.07) is 22.9. The molecule has 3 N–H and O–H groups in total. The third-order valence-electron chi connectivity index (χ3n) is 7.39. The molecule has 0 bridgehead atoms. The van der Waals surface area contributed by atoms with Crippen molar-refractivity contribution in [1.82, 2.24) is 4.57 Å². The second kappa shape index (κ2) is 11.3. The van der Waals surface area contributed by atoms with E-state index in [0.717, 1.165) is 12.1 Å². The highest BCUT2D eigenvalue weighted by Crippen LogP contribution is 2.50. The summed E-state index contributed by atoms with van der Waals surface area (Å²) < 4.78 is 6.29. The normalized spacial score (nSPS) is 23.8. The highest BCUT2D eigenvalue weighted by Gasteiger charge is 2.75. The molecule has 1 fully saturated rings. The van der Waals surface area contributed by atoms with E-state index in [-0.39, 0.29) is 16.7 Å². The molecule has 43 heavy (non-hydrogen) atoms. The van der Waals surface area contributed by atoms with E-state index in [1.54, 1.807) is 18.2 Å². The Bertz CT molecular complexity index is 1760. The summed E-state index contributed by atoms with van der Waals surface area (Å²) >= 11 is 0. The number of hydrogen-bond acceptors (Lipinski definition) is 10. The molecule has 4 aromatic rings. The van der Waals surface area contributed by atoms with Crippen molar-refractivity contribution >= 4 is 23.0 Å². The fraction of sp³-hybridized carbons (Fsp3) is 0.161. The van der Waals surface area contributed by atoms with Crippen molar-refractivity contribution in [2.24, 2.45) is 0 Å². The van der Waals surface area contributed by atoms with Crippen molar-refractivity contribution in [2.45, 2.75) is 29.6 Å². The molecule has 5 atom stereocenters. The van der Waals surface area contributed by atoms with Crippen molar-refractivity contribution in [3.63, 3.8) is 0 Å². The Morgan fingerprint density at radius 2 is 1.23 bits per heavy atom. The third kappa shape index (κ3) is 4.77. The van der Waals surface area contributed by atoms with Gasteiger partial charge in [0.1, 0.15) is 12.2 Å². The zero-order valence-corrected chi connectivity index (χ0v) is 22.2. The van der Waals surface area contributed by atoms with Crippen LogP contribution >= 0.6 is 0 Å². The first-order valence-electron chi connectivity index (χ1n) is 13.0. The van der Waals surface area contributed by atoms with Crippen LogP contribution in [-0.4, -0.2) is 65.6 Å². The average Bonchev–Trinajstić information content (AvgIpc) is 3.28. The van der Waals surface area contributed by atoms with Crippen molar-refractivity contribution in [2.75, 3.05) is 0 Å². The molecule has 0 unspecified atom stereocenters. The molecule has 0 spiro atoms. The Kier molecular flexibility index (Phi) is 7.69. The molecular formula is C31H24N2O10. The third-order valence-corrected chi connectivity index (χ3v) is 7.39. The number of aliphatic hydroxyl groups is 3. The summed E-state index contributed by atoms with van der Waals surface area (Å²) in [5.41, 5.74) is -9.02. The van der Waals surface area contributed by atoms with Gasteiger partial charge in [-0.3, -0.25) is 33.9 Å². The van der Waals surface area contributed by atoms with Crippen LogP contribution in [0.1, 0.15) is 37.3 Å². The number of ketones is 3. The fourth-order valence-corrected chi connectivity index (χ4v) is 5.21. The summed E-state index contributed by atoms with van der Waals surface area (Å²) in [6.07, 6.45) is -6.37. The Morgan fingerprint density at radius 3 is 1.72 bits per heavy atom. The number of aromatic nitrogens is 1. The summed E-state index contributed by atoms with van der Waals surface area (Å²) in [5.74, 6) is -3.66. The summed E-state index contributed by atoms with van der Waals surface area (Å²) in [5, 5.41) is 47.7. The predicted molar refractivity (Wildman–Crippen MR) is 149 cm³/mol. The largest absolute Gasteiger partial charge is 0.382 e. The lowest BCUT2D eigenvalue weighted by Gasteiger charge is -2.39. The van der Waals surface area contributed by atoms with Crippen LogP contribution in [0.15, 0.2) is 114 Å². The number of Topliss-reactive ketones (excluding diaryl/α,β-unsaturated/α-hetero) is 3. The van der Waals surface area contributed by atoms with E-state index < -0.39 is 63.2 Å². The minimum Gasteiger partial charge on any atom is -0.382 e. The zero-order valence-electron chi connectivity index (χ0n) is 22.2. The van der Waals surface area contributed by atoms with Crippen molar-refractivity contribution in [3.05, 3.63) is 146 Å². The first kappa shape index (κ1) is 29.4. The SMILES string of the molecule is O=C(c1ccccc1)[C@H](O)[C@H]1O[C@@H](n2cc([N+](=O)[O-])ccc2=O)[C@@](O)(C(=O)c2ccccc2)[C@@]1(O)C(=O)c1ccccc1. The molecule has 5 rings (SSSR count). The summed E-state index contributed by atoms with van der Waals surface area (Å²) in [4.78, 5) is 65.5. The molecule has 0 aliphatic carbocycles. The van der Waals surface area contributed by atoms with E-state index in [9.17, 15) is 44.6 Å². The highest BCUT2D eigenvalue weighted by atomic mass is 16.6. The smallest absolute Gasteiger partial charge is 0.285 e. The van der Waals surface area contributed by atoms with Crippen LogP contribution in [0.2, 0.25) is 0 Å². The lowest BCUT2D eigenvalue weighted by Crippen LogP contribution is -2.69. The minimum absolute atomic E-state index is 0.0537. The number of pyridine rings is 1. The Labute approximate surface area is 243 Å². The van der Waals surface area contributed by atoms with Crippen molar-refractivity contribution in [1.29, 1.82) is 0 Å². The maximum atomic E-state index is 14.2. The zero-order chi connectivity index (χ0) is 30.9. The molecule has 0 radical (unpaired) electrons. The monoisotopic (exact) mass is 584 g/mol. The van der Waals surface area contributed by atoms with Gasteiger partial charge in [-0.05, 0) is 0 Å². The van der Waals surface area contributed by atoms with Gasteiger partial charge in [0.2, 0.25) is 17.2 Å². The number of ether oxygens (including phenoxy) is 1. The number of nitro groups is 1. The van der Waals surface area contributed by atoms with Gasteiger partial charge in [0.15, 0.2) is 17.6 Å². The first-order chi connectivity index (χ1) is 20.5. The molecule has 2 heterocycles. The lowest BCUT2D eigenvalue weighted by atomic mass is 9.69. The molecule has 218 valence electrons. The first-order valence-corrected chi connectivity index (χ1v) is 13.0. The van der Waals surface area contributed by atoms with Gasteiger partial charge in [-0.1, -0.05) is 91.0 Å². The van der Waals surface area contributed by atoms with Crippen LogP contribution in [-0.2, 0) is 4.74 Å². The maximum absolute atomic E-state index is 14.2.